The van der Waals surface area contributed by atoms with E-state index in [0.717, 1.165) is 5.56 Å². The molecule has 2 amide bonds. The number of piperazine rings is 1. The number of rotatable bonds is 5. The number of hydrogen-bond donors (Lipinski definition) is 1. The Morgan fingerprint density at radius 2 is 1.56 bits per heavy atom. The number of nitrogens with one attached hydrogen (secondary N) is 1. The Morgan fingerprint density at radius 3 is 2.28 bits per heavy atom. The van der Waals surface area contributed by atoms with Gasteiger partial charge in [0.15, 0.2) is 0 Å². The van der Waals surface area contributed by atoms with Gasteiger partial charge in [0, 0.05) is 55.1 Å². The summed E-state index contributed by atoms with van der Waals surface area (Å²) in [5.41, 5.74) is 3.30. The standard InChI is InChI=1S/C26H26FN3O2/c1-19-11-12-21(17-24(19)28-25(31)20-7-3-2-4-8-20)26(32)30-15-13-29(14-16-30)18-22-9-5-6-10-23(22)27/h2-12,17H,13-16,18H2,1H3,(H,28,31). The monoisotopic (exact) mass is 431 g/mol. The molecule has 0 unspecified atom stereocenters. The fourth-order valence-electron chi connectivity index (χ4n) is 3.83. The molecule has 3 aromatic rings. The molecule has 1 fully saturated rings. The van der Waals surface area contributed by atoms with Gasteiger partial charge in [0.1, 0.15) is 5.82 Å². The van der Waals surface area contributed by atoms with E-state index in [-0.39, 0.29) is 17.6 Å². The van der Waals surface area contributed by atoms with Crippen LogP contribution in [0, 0.1) is 12.7 Å². The SMILES string of the molecule is Cc1ccc(C(=O)N2CCN(Cc3ccccc3F)CC2)cc1NC(=O)c1ccccc1. The van der Waals surface area contributed by atoms with Crippen molar-refractivity contribution in [3.63, 3.8) is 0 Å². The summed E-state index contributed by atoms with van der Waals surface area (Å²) in [4.78, 5) is 29.6. The highest BCUT2D eigenvalue weighted by atomic mass is 19.1. The Labute approximate surface area is 187 Å². The smallest absolute Gasteiger partial charge is 0.255 e. The lowest BCUT2D eigenvalue weighted by molar-refractivity contribution is 0.0627. The highest BCUT2D eigenvalue weighted by Crippen LogP contribution is 2.20. The molecule has 1 N–H and O–H groups in total. The van der Waals surface area contributed by atoms with Gasteiger partial charge < -0.3 is 10.2 Å². The second-order valence-electron chi connectivity index (χ2n) is 8.01. The molecule has 0 aromatic heterocycles. The lowest BCUT2D eigenvalue weighted by atomic mass is 10.1. The van der Waals surface area contributed by atoms with Crippen LogP contribution in [-0.4, -0.2) is 47.8 Å². The largest absolute Gasteiger partial charge is 0.336 e. The van der Waals surface area contributed by atoms with Gasteiger partial charge in [-0.3, -0.25) is 14.5 Å². The lowest BCUT2D eigenvalue weighted by Gasteiger charge is -2.35. The number of aryl methyl sites for hydroxylation is 1. The molecule has 0 spiro atoms. The van der Waals surface area contributed by atoms with Crippen molar-refractivity contribution in [1.29, 1.82) is 0 Å². The van der Waals surface area contributed by atoms with Gasteiger partial charge in [-0.15, -0.1) is 0 Å². The maximum atomic E-state index is 13.9. The molecule has 164 valence electrons. The summed E-state index contributed by atoms with van der Waals surface area (Å²) in [5, 5.41) is 2.91. The summed E-state index contributed by atoms with van der Waals surface area (Å²) in [6, 6.07) is 21.2. The predicted molar refractivity (Wildman–Crippen MR) is 123 cm³/mol. The molecule has 1 aliphatic rings. The predicted octanol–water partition coefficient (Wildman–Crippen LogP) is 4.34. The first-order valence-electron chi connectivity index (χ1n) is 10.7. The van der Waals surface area contributed by atoms with E-state index in [1.165, 1.54) is 6.07 Å². The van der Waals surface area contributed by atoms with E-state index in [4.69, 9.17) is 0 Å². The van der Waals surface area contributed by atoms with Crippen LogP contribution < -0.4 is 5.32 Å². The molecule has 0 aliphatic carbocycles. The van der Waals surface area contributed by atoms with Crippen LogP contribution in [0.5, 0.6) is 0 Å². The molecule has 6 heteroatoms. The number of benzene rings is 3. The average Bonchev–Trinajstić information content (AvgIpc) is 2.82. The number of anilines is 1. The van der Waals surface area contributed by atoms with Crippen LogP contribution in [0.1, 0.15) is 31.8 Å². The van der Waals surface area contributed by atoms with Gasteiger partial charge >= 0.3 is 0 Å². The van der Waals surface area contributed by atoms with Gasteiger partial charge in [0.2, 0.25) is 0 Å². The summed E-state index contributed by atoms with van der Waals surface area (Å²) in [7, 11) is 0. The molecule has 1 saturated heterocycles. The zero-order chi connectivity index (χ0) is 22.5. The normalized spacial score (nSPS) is 14.2. The second-order valence-corrected chi connectivity index (χ2v) is 8.01. The first-order chi connectivity index (χ1) is 15.5. The first kappa shape index (κ1) is 21.7. The maximum absolute atomic E-state index is 13.9. The molecule has 0 saturated carbocycles. The Kier molecular flexibility index (Phi) is 6.61. The van der Waals surface area contributed by atoms with Crippen molar-refractivity contribution >= 4 is 17.5 Å². The van der Waals surface area contributed by atoms with Gasteiger partial charge in [0.05, 0.1) is 0 Å². The molecule has 1 aliphatic heterocycles. The third-order valence-electron chi connectivity index (χ3n) is 5.78. The van der Waals surface area contributed by atoms with Crippen LogP contribution in [0.4, 0.5) is 10.1 Å². The number of carbonyl (C=O) groups excluding carboxylic acids is 2. The minimum atomic E-state index is -0.208. The minimum Gasteiger partial charge on any atom is -0.336 e. The highest BCUT2D eigenvalue weighted by molar-refractivity contribution is 6.05. The Balaban J connectivity index is 1.39. The van der Waals surface area contributed by atoms with Gasteiger partial charge in [-0.25, -0.2) is 4.39 Å². The lowest BCUT2D eigenvalue weighted by Crippen LogP contribution is -2.48. The van der Waals surface area contributed by atoms with E-state index in [0.29, 0.717) is 55.1 Å². The molecule has 5 nitrogen and oxygen atoms in total. The van der Waals surface area contributed by atoms with E-state index in [2.05, 4.69) is 10.2 Å². The van der Waals surface area contributed by atoms with Gasteiger partial charge in [0.25, 0.3) is 11.8 Å². The van der Waals surface area contributed by atoms with Crippen LogP contribution >= 0.6 is 0 Å². The highest BCUT2D eigenvalue weighted by Gasteiger charge is 2.23. The molecular weight excluding hydrogens is 405 g/mol. The molecule has 0 radical (unpaired) electrons. The van der Waals surface area contributed by atoms with E-state index in [9.17, 15) is 14.0 Å². The van der Waals surface area contributed by atoms with Crippen molar-refractivity contribution in [2.45, 2.75) is 13.5 Å². The fourth-order valence-corrected chi connectivity index (χ4v) is 3.83. The van der Waals surface area contributed by atoms with E-state index in [1.807, 2.05) is 42.2 Å². The van der Waals surface area contributed by atoms with Crippen molar-refractivity contribution < 1.29 is 14.0 Å². The zero-order valence-electron chi connectivity index (χ0n) is 18.1. The zero-order valence-corrected chi connectivity index (χ0v) is 18.1. The quantitative estimate of drug-likeness (QED) is 0.654. The number of halogens is 1. The summed E-state index contributed by atoms with van der Waals surface area (Å²) in [5.74, 6) is -0.471. The summed E-state index contributed by atoms with van der Waals surface area (Å²) in [6.45, 7) is 4.96. The van der Waals surface area contributed by atoms with Gasteiger partial charge in [-0.05, 0) is 42.8 Å². The maximum Gasteiger partial charge on any atom is 0.255 e. The third-order valence-corrected chi connectivity index (χ3v) is 5.78. The van der Waals surface area contributed by atoms with Crippen LogP contribution in [0.25, 0.3) is 0 Å². The van der Waals surface area contributed by atoms with Crippen molar-refractivity contribution in [2.75, 3.05) is 31.5 Å². The number of carbonyl (C=O) groups is 2. The molecule has 1 heterocycles. The summed E-state index contributed by atoms with van der Waals surface area (Å²) >= 11 is 0. The Morgan fingerprint density at radius 1 is 0.875 bits per heavy atom. The molecule has 3 aromatic carbocycles. The van der Waals surface area contributed by atoms with E-state index in [1.54, 1.807) is 36.4 Å². The van der Waals surface area contributed by atoms with Gasteiger partial charge in [-0.2, -0.15) is 0 Å². The number of nitrogens with zero attached hydrogens (tertiary/aromatic N) is 2. The molecule has 4 rings (SSSR count). The van der Waals surface area contributed by atoms with Crippen molar-refractivity contribution in [3.05, 3.63) is 101 Å². The van der Waals surface area contributed by atoms with Crippen LogP contribution in [0.3, 0.4) is 0 Å². The Hall–Kier alpha value is -3.51. The van der Waals surface area contributed by atoms with Crippen LogP contribution in [0.2, 0.25) is 0 Å². The Bertz CT molecular complexity index is 1110. The van der Waals surface area contributed by atoms with Crippen molar-refractivity contribution in [1.82, 2.24) is 9.80 Å². The van der Waals surface area contributed by atoms with Crippen molar-refractivity contribution in [3.8, 4) is 0 Å². The van der Waals surface area contributed by atoms with Crippen molar-refractivity contribution in [2.24, 2.45) is 0 Å². The van der Waals surface area contributed by atoms with Crippen LogP contribution in [0.15, 0.2) is 72.8 Å². The number of hydrogen-bond acceptors (Lipinski definition) is 3. The van der Waals surface area contributed by atoms with Crippen LogP contribution in [-0.2, 0) is 6.54 Å². The molecule has 32 heavy (non-hydrogen) atoms. The summed E-state index contributed by atoms with van der Waals surface area (Å²) < 4.78 is 13.9. The summed E-state index contributed by atoms with van der Waals surface area (Å²) in [6.07, 6.45) is 0. The average molecular weight is 432 g/mol. The first-order valence-corrected chi connectivity index (χ1v) is 10.7. The molecular formula is C26H26FN3O2. The molecule has 0 atom stereocenters. The third kappa shape index (κ3) is 5.03. The van der Waals surface area contributed by atoms with Gasteiger partial charge in [-0.1, -0.05) is 42.5 Å². The second kappa shape index (κ2) is 9.75. The number of amides is 2. The van der Waals surface area contributed by atoms with E-state index >= 15 is 0 Å². The van der Waals surface area contributed by atoms with E-state index < -0.39 is 0 Å². The fraction of sp³-hybridized carbons (Fsp3) is 0.231. The minimum absolute atomic E-state index is 0.0641. The molecule has 0 bridgehead atoms. The topological polar surface area (TPSA) is 52.7 Å².